The van der Waals surface area contributed by atoms with Crippen LogP contribution in [-0.2, 0) is 16.1 Å². The number of anilines is 1. The first-order valence-corrected chi connectivity index (χ1v) is 9.03. The summed E-state index contributed by atoms with van der Waals surface area (Å²) in [4.78, 5) is 27.9. The lowest BCUT2D eigenvalue weighted by Crippen LogP contribution is -2.10. The molecule has 1 aromatic heterocycles. The van der Waals surface area contributed by atoms with Gasteiger partial charge < -0.3 is 24.1 Å². The second-order valence-electron chi connectivity index (χ2n) is 6.11. The van der Waals surface area contributed by atoms with E-state index in [9.17, 15) is 9.59 Å². The average Bonchev–Trinajstić information content (AvgIpc) is 3.26. The number of methoxy groups -OCH3 is 2. The highest BCUT2D eigenvalue weighted by Gasteiger charge is 2.16. The molecule has 0 aliphatic carbocycles. The Morgan fingerprint density at radius 3 is 2.58 bits per heavy atom. The fourth-order valence-electron chi connectivity index (χ4n) is 2.58. The Hall–Kier alpha value is -4.39. The molecule has 158 valence electrons. The van der Waals surface area contributed by atoms with Crippen molar-refractivity contribution < 1.29 is 28.3 Å². The van der Waals surface area contributed by atoms with E-state index in [0.29, 0.717) is 22.7 Å². The molecule has 0 saturated carbocycles. The van der Waals surface area contributed by atoms with Crippen molar-refractivity contribution in [2.24, 2.45) is 0 Å². The van der Waals surface area contributed by atoms with Gasteiger partial charge in [0.2, 0.25) is 11.7 Å². The second kappa shape index (κ2) is 9.89. The predicted octanol–water partition coefficient (Wildman–Crippen LogP) is 2.96. The first kappa shape index (κ1) is 21.3. The molecule has 3 rings (SSSR count). The Kier molecular flexibility index (Phi) is 6.80. The van der Waals surface area contributed by atoms with Crippen molar-refractivity contribution in [3.8, 4) is 29.0 Å². The number of hydrogen-bond donors (Lipinski definition) is 1. The maximum absolute atomic E-state index is 12.2. The van der Waals surface area contributed by atoms with Crippen molar-refractivity contribution in [2.45, 2.75) is 13.0 Å². The minimum absolute atomic E-state index is 0.113. The van der Waals surface area contributed by atoms with Gasteiger partial charge in [-0.15, -0.1) is 0 Å². The van der Waals surface area contributed by atoms with Crippen molar-refractivity contribution in [1.82, 2.24) is 10.1 Å². The number of amides is 1. The van der Waals surface area contributed by atoms with Crippen LogP contribution in [0.2, 0.25) is 0 Å². The number of nitrogens with one attached hydrogen (secondary N) is 1. The number of esters is 1. The van der Waals surface area contributed by atoms with Crippen LogP contribution in [0.25, 0.3) is 11.4 Å². The molecule has 0 radical (unpaired) electrons. The molecule has 1 amide bonds. The van der Waals surface area contributed by atoms with Gasteiger partial charge in [0.1, 0.15) is 17.9 Å². The molecule has 2 aromatic carbocycles. The molecule has 10 heteroatoms. The lowest BCUT2D eigenvalue weighted by atomic mass is 10.2. The van der Waals surface area contributed by atoms with Crippen molar-refractivity contribution in [3.05, 3.63) is 53.9 Å². The minimum atomic E-state index is -0.600. The minimum Gasteiger partial charge on any atom is -0.497 e. The summed E-state index contributed by atoms with van der Waals surface area (Å²) in [6.45, 7) is -0.217. The van der Waals surface area contributed by atoms with Gasteiger partial charge >= 0.3 is 5.97 Å². The maximum atomic E-state index is 12.2. The Labute approximate surface area is 177 Å². The molecule has 0 fully saturated rings. The quantitative estimate of drug-likeness (QED) is 0.543. The monoisotopic (exact) mass is 422 g/mol. The summed E-state index contributed by atoms with van der Waals surface area (Å²) >= 11 is 0. The highest BCUT2D eigenvalue weighted by molar-refractivity contribution is 5.93. The molecule has 1 heterocycles. The summed E-state index contributed by atoms with van der Waals surface area (Å²) in [7, 11) is 3.06. The van der Waals surface area contributed by atoms with Crippen LogP contribution in [0.1, 0.15) is 22.7 Å². The standard InChI is InChI=1S/C21H18N4O6/c1-28-15-7-8-16(17(11-15)29-2)20-24-19(31-25-20)12-30-21(27)13-3-5-14(6-4-13)23-18(26)9-10-22/h3-8,11H,9,12H2,1-2H3,(H,23,26). The largest absolute Gasteiger partial charge is 0.497 e. The van der Waals surface area contributed by atoms with E-state index in [-0.39, 0.29) is 30.3 Å². The van der Waals surface area contributed by atoms with Crippen LogP contribution >= 0.6 is 0 Å². The zero-order chi connectivity index (χ0) is 22.2. The zero-order valence-electron chi connectivity index (χ0n) is 16.7. The predicted molar refractivity (Wildman–Crippen MR) is 107 cm³/mol. The van der Waals surface area contributed by atoms with Gasteiger partial charge in [0.15, 0.2) is 6.61 Å². The molecule has 0 unspecified atom stereocenters. The highest BCUT2D eigenvalue weighted by Crippen LogP contribution is 2.31. The molecule has 0 spiro atoms. The van der Waals surface area contributed by atoms with Crippen LogP contribution in [0.5, 0.6) is 11.5 Å². The number of nitrogens with zero attached hydrogens (tertiary/aromatic N) is 3. The number of ether oxygens (including phenoxy) is 3. The molecule has 0 aliphatic heterocycles. The van der Waals surface area contributed by atoms with Gasteiger partial charge in [-0.1, -0.05) is 5.16 Å². The van der Waals surface area contributed by atoms with E-state index >= 15 is 0 Å². The second-order valence-corrected chi connectivity index (χ2v) is 6.11. The van der Waals surface area contributed by atoms with Gasteiger partial charge in [-0.3, -0.25) is 4.79 Å². The van der Waals surface area contributed by atoms with Crippen molar-refractivity contribution in [1.29, 1.82) is 5.26 Å². The number of rotatable bonds is 8. The summed E-state index contributed by atoms with van der Waals surface area (Å²) in [5, 5.41) is 14.9. The molecular formula is C21H18N4O6. The average molecular weight is 422 g/mol. The van der Waals surface area contributed by atoms with Gasteiger partial charge in [-0.05, 0) is 36.4 Å². The van der Waals surface area contributed by atoms with Gasteiger partial charge in [-0.2, -0.15) is 10.2 Å². The van der Waals surface area contributed by atoms with Crippen molar-refractivity contribution in [3.63, 3.8) is 0 Å². The fourth-order valence-corrected chi connectivity index (χ4v) is 2.58. The van der Waals surface area contributed by atoms with Gasteiger partial charge in [-0.25, -0.2) is 4.79 Å². The molecule has 0 bridgehead atoms. The summed E-state index contributed by atoms with van der Waals surface area (Å²) in [5.41, 5.74) is 1.33. The summed E-state index contributed by atoms with van der Waals surface area (Å²) < 4.78 is 20.8. The Morgan fingerprint density at radius 2 is 1.90 bits per heavy atom. The summed E-state index contributed by atoms with van der Waals surface area (Å²) in [5.74, 6) is 0.486. The molecular weight excluding hydrogens is 404 g/mol. The summed E-state index contributed by atoms with van der Waals surface area (Å²) in [6.07, 6.45) is -0.252. The number of nitriles is 1. The number of hydrogen-bond acceptors (Lipinski definition) is 9. The van der Waals surface area contributed by atoms with Gasteiger partial charge in [0.25, 0.3) is 5.89 Å². The highest BCUT2D eigenvalue weighted by atomic mass is 16.6. The van der Waals surface area contributed by atoms with E-state index < -0.39 is 11.9 Å². The molecule has 0 saturated heterocycles. The van der Waals surface area contributed by atoms with Crippen molar-refractivity contribution in [2.75, 3.05) is 19.5 Å². The SMILES string of the molecule is COc1ccc(-c2noc(COC(=O)c3ccc(NC(=O)CC#N)cc3)n2)c(OC)c1. The molecule has 10 nitrogen and oxygen atoms in total. The first-order chi connectivity index (χ1) is 15.0. The first-order valence-electron chi connectivity index (χ1n) is 9.03. The third kappa shape index (κ3) is 5.36. The third-order valence-corrected chi connectivity index (χ3v) is 4.09. The zero-order valence-corrected chi connectivity index (χ0v) is 16.7. The number of aromatic nitrogens is 2. The number of benzene rings is 2. The van der Waals surface area contributed by atoms with E-state index in [2.05, 4.69) is 15.5 Å². The normalized spacial score (nSPS) is 10.1. The Morgan fingerprint density at radius 1 is 1.13 bits per heavy atom. The Bertz CT molecular complexity index is 1120. The Balaban J connectivity index is 1.61. The van der Waals surface area contributed by atoms with Gasteiger partial charge in [0, 0.05) is 11.8 Å². The van der Waals surface area contributed by atoms with E-state index in [1.54, 1.807) is 31.4 Å². The van der Waals surface area contributed by atoms with Crippen LogP contribution < -0.4 is 14.8 Å². The van der Waals surface area contributed by atoms with E-state index in [4.69, 9.17) is 24.0 Å². The number of carbonyl (C=O) groups is 2. The maximum Gasteiger partial charge on any atom is 0.338 e. The molecule has 0 atom stereocenters. The lowest BCUT2D eigenvalue weighted by molar-refractivity contribution is -0.115. The molecule has 31 heavy (non-hydrogen) atoms. The van der Waals surface area contributed by atoms with Crippen LogP contribution in [0.15, 0.2) is 47.0 Å². The van der Waals surface area contributed by atoms with Crippen LogP contribution in [-0.4, -0.2) is 36.2 Å². The fraction of sp³-hybridized carbons (Fsp3) is 0.190. The smallest absolute Gasteiger partial charge is 0.338 e. The third-order valence-electron chi connectivity index (χ3n) is 4.09. The van der Waals surface area contributed by atoms with E-state index in [1.165, 1.54) is 31.4 Å². The van der Waals surface area contributed by atoms with E-state index in [0.717, 1.165) is 0 Å². The molecule has 1 N–H and O–H groups in total. The van der Waals surface area contributed by atoms with Gasteiger partial charge in [0.05, 0.1) is 31.4 Å². The topological polar surface area (TPSA) is 137 Å². The molecule has 0 aliphatic rings. The van der Waals surface area contributed by atoms with Crippen LogP contribution in [0.3, 0.4) is 0 Å². The summed E-state index contributed by atoms with van der Waals surface area (Å²) in [6, 6.07) is 13.0. The lowest BCUT2D eigenvalue weighted by Gasteiger charge is -2.07. The number of carbonyl (C=O) groups excluding carboxylic acids is 2. The van der Waals surface area contributed by atoms with Crippen LogP contribution in [0.4, 0.5) is 5.69 Å². The van der Waals surface area contributed by atoms with Crippen LogP contribution in [0, 0.1) is 11.3 Å². The van der Waals surface area contributed by atoms with Crippen molar-refractivity contribution >= 4 is 17.6 Å². The van der Waals surface area contributed by atoms with E-state index in [1.807, 2.05) is 0 Å². The molecule has 3 aromatic rings.